The molecule has 1 atom stereocenters. The summed E-state index contributed by atoms with van der Waals surface area (Å²) in [6, 6.07) is 4.64. The minimum absolute atomic E-state index is 0.258. The van der Waals surface area contributed by atoms with Crippen LogP contribution < -0.4 is 0 Å². The van der Waals surface area contributed by atoms with Gasteiger partial charge in [0.1, 0.15) is 0 Å². The smallest absolute Gasteiger partial charge is 0.0738 e. The predicted octanol–water partition coefficient (Wildman–Crippen LogP) is 3.42. The van der Waals surface area contributed by atoms with Crippen molar-refractivity contribution < 1.29 is 4.21 Å². The molecule has 1 aromatic carbocycles. The topological polar surface area (TPSA) is 40.9 Å². The van der Waals surface area contributed by atoms with Gasteiger partial charge in [0.2, 0.25) is 0 Å². The molecule has 0 heterocycles. The van der Waals surface area contributed by atoms with Crippen LogP contribution in [0.25, 0.3) is 0 Å². The van der Waals surface area contributed by atoms with E-state index in [-0.39, 0.29) is 5.75 Å². The molecule has 0 amide bonds. The molecular formula is C8H9Cl2NOS. The van der Waals surface area contributed by atoms with E-state index in [0.29, 0.717) is 14.9 Å². The Hall–Kier alpha value is -0.250. The van der Waals surface area contributed by atoms with E-state index in [1.54, 1.807) is 19.1 Å². The zero-order chi connectivity index (χ0) is 10.1. The van der Waals surface area contributed by atoms with Crippen LogP contribution in [0.4, 0.5) is 0 Å². The summed E-state index contributed by atoms with van der Waals surface area (Å²) in [6.45, 7) is 1.69. The summed E-state index contributed by atoms with van der Waals surface area (Å²) in [6.07, 6.45) is 0. The van der Waals surface area contributed by atoms with E-state index in [9.17, 15) is 4.21 Å². The highest BCUT2D eigenvalue weighted by atomic mass is 35.5. The molecule has 1 aromatic rings. The van der Waals surface area contributed by atoms with Crippen LogP contribution in [0.2, 0.25) is 10.0 Å². The molecule has 13 heavy (non-hydrogen) atoms. The Kier molecular flexibility index (Phi) is 3.22. The zero-order valence-corrected chi connectivity index (χ0v) is 9.34. The molecule has 1 rings (SSSR count). The second-order valence-electron chi connectivity index (χ2n) is 2.54. The van der Waals surface area contributed by atoms with E-state index in [2.05, 4.69) is 0 Å². The zero-order valence-electron chi connectivity index (χ0n) is 7.01. The normalized spacial score (nSPS) is 15.3. The van der Waals surface area contributed by atoms with Gasteiger partial charge in [-0.25, -0.2) is 8.99 Å². The van der Waals surface area contributed by atoms with Crippen molar-refractivity contribution >= 4 is 32.9 Å². The molecule has 0 saturated heterocycles. The van der Waals surface area contributed by atoms with E-state index in [1.807, 2.05) is 0 Å². The number of rotatable bonds is 2. The van der Waals surface area contributed by atoms with Gasteiger partial charge in [-0.2, -0.15) is 0 Å². The predicted molar refractivity (Wildman–Crippen MR) is 56.1 cm³/mol. The maximum Gasteiger partial charge on any atom is 0.0738 e. The fourth-order valence-electron chi connectivity index (χ4n) is 0.898. The number of nitrogens with one attached hydrogen (secondary N) is 1. The maximum atomic E-state index is 11.6. The van der Waals surface area contributed by atoms with Crippen molar-refractivity contribution in [2.45, 2.75) is 11.8 Å². The Morgan fingerprint density at radius 2 is 2.08 bits per heavy atom. The maximum absolute atomic E-state index is 11.6. The van der Waals surface area contributed by atoms with Crippen LogP contribution in [0.1, 0.15) is 6.92 Å². The highest BCUT2D eigenvalue weighted by molar-refractivity contribution is 7.92. The molecule has 5 heteroatoms. The number of halogens is 2. The van der Waals surface area contributed by atoms with Gasteiger partial charge in [-0.3, -0.25) is 0 Å². The summed E-state index contributed by atoms with van der Waals surface area (Å²) in [5.41, 5.74) is 0. The Morgan fingerprint density at radius 3 is 2.54 bits per heavy atom. The van der Waals surface area contributed by atoms with Gasteiger partial charge in [0.15, 0.2) is 0 Å². The van der Waals surface area contributed by atoms with E-state index >= 15 is 0 Å². The van der Waals surface area contributed by atoms with Crippen molar-refractivity contribution in [2.75, 3.05) is 5.75 Å². The molecule has 2 nitrogen and oxygen atoms in total. The van der Waals surface area contributed by atoms with Crippen LogP contribution in [0, 0.1) is 4.78 Å². The van der Waals surface area contributed by atoms with E-state index in [4.69, 9.17) is 28.0 Å². The molecule has 0 spiro atoms. The lowest BCUT2D eigenvalue weighted by atomic mass is 10.4. The lowest BCUT2D eigenvalue weighted by molar-refractivity contribution is 0.675. The molecule has 72 valence electrons. The second-order valence-corrected chi connectivity index (χ2v) is 5.75. The lowest BCUT2D eigenvalue weighted by Gasteiger charge is -2.06. The first-order valence-corrected chi connectivity index (χ1v) is 6.17. The van der Waals surface area contributed by atoms with Crippen LogP contribution in [0.15, 0.2) is 23.1 Å². The van der Waals surface area contributed by atoms with Gasteiger partial charge in [-0.15, -0.1) is 0 Å². The van der Waals surface area contributed by atoms with Crippen LogP contribution in [0.5, 0.6) is 0 Å². The first kappa shape index (κ1) is 10.8. The summed E-state index contributed by atoms with van der Waals surface area (Å²) in [7, 11) is -2.74. The van der Waals surface area contributed by atoms with Gasteiger partial charge in [0.05, 0.1) is 19.6 Å². The Balaban J connectivity index is 3.33. The summed E-state index contributed by atoms with van der Waals surface area (Å²) in [5.74, 6) is 0.258. The summed E-state index contributed by atoms with van der Waals surface area (Å²) in [5, 5.41) is 0.786. The minimum Gasteiger partial charge on any atom is -0.249 e. The second kappa shape index (κ2) is 3.86. The van der Waals surface area contributed by atoms with Crippen molar-refractivity contribution in [2.24, 2.45) is 0 Å². The minimum atomic E-state index is -2.74. The molecule has 0 aliphatic rings. The third-order valence-corrected chi connectivity index (χ3v) is 4.20. The van der Waals surface area contributed by atoms with Crippen molar-refractivity contribution in [3.8, 4) is 0 Å². The van der Waals surface area contributed by atoms with Crippen molar-refractivity contribution in [1.29, 1.82) is 4.78 Å². The highest BCUT2D eigenvalue weighted by Gasteiger charge is 2.11. The van der Waals surface area contributed by atoms with Crippen molar-refractivity contribution in [3.63, 3.8) is 0 Å². The molecule has 0 aliphatic heterocycles. The first-order chi connectivity index (χ1) is 5.97. The fourth-order valence-corrected chi connectivity index (χ4v) is 2.65. The Bertz CT molecular complexity index is 414. The van der Waals surface area contributed by atoms with Crippen molar-refractivity contribution in [3.05, 3.63) is 28.2 Å². The molecule has 0 aromatic heterocycles. The van der Waals surface area contributed by atoms with Crippen LogP contribution in [0.3, 0.4) is 0 Å². The van der Waals surface area contributed by atoms with Gasteiger partial charge < -0.3 is 0 Å². The Labute approximate surface area is 87.8 Å². The average molecular weight is 238 g/mol. The number of benzene rings is 1. The highest BCUT2D eigenvalue weighted by Crippen LogP contribution is 2.25. The van der Waals surface area contributed by atoms with E-state index in [0.717, 1.165) is 0 Å². The largest absolute Gasteiger partial charge is 0.249 e. The molecule has 0 radical (unpaired) electrons. The van der Waals surface area contributed by atoms with Gasteiger partial charge in [-0.1, -0.05) is 30.1 Å². The summed E-state index contributed by atoms with van der Waals surface area (Å²) in [4.78, 5) is 0.362. The molecule has 1 unspecified atom stereocenters. The summed E-state index contributed by atoms with van der Waals surface area (Å²) >= 11 is 11.5. The molecule has 0 fully saturated rings. The number of hydrogen-bond donors (Lipinski definition) is 1. The average Bonchev–Trinajstić information content (AvgIpc) is 2.03. The van der Waals surface area contributed by atoms with Gasteiger partial charge in [0.25, 0.3) is 0 Å². The Morgan fingerprint density at radius 1 is 1.46 bits per heavy atom. The SMILES string of the molecule is CCS(=N)(=O)c1ccc(Cl)cc1Cl. The third kappa shape index (κ3) is 2.36. The van der Waals surface area contributed by atoms with Crippen LogP contribution in [-0.4, -0.2) is 9.96 Å². The standard InChI is InChI=1S/C8H9Cl2NOS/c1-2-13(11,12)8-4-3-6(9)5-7(8)10/h3-5,11H,2H2,1H3. The fraction of sp³-hybridized carbons (Fsp3) is 0.250. The molecule has 0 aliphatic carbocycles. The first-order valence-electron chi connectivity index (χ1n) is 3.69. The van der Waals surface area contributed by atoms with Gasteiger partial charge in [-0.05, 0) is 18.2 Å². The van der Waals surface area contributed by atoms with E-state index < -0.39 is 9.73 Å². The summed E-state index contributed by atoms with van der Waals surface area (Å²) < 4.78 is 19.2. The lowest BCUT2D eigenvalue weighted by Crippen LogP contribution is -2.01. The quantitative estimate of drug-likeness (QED) is 0.842. The molecule has 0 saturated carbocycles. The third-order valence-electron chi connectivity index (χ3n) is 1.66. The molecular weight excluding hydrogens is 229 g/mol. The van der Waals surface area contributed by atoms with Gasteiger partial charge >= 0.3 is 0 Å². The monoisotopic (exact) mass is 237 g/mol. The number of hydrogen-bond acceptors (Lipinski definition) is 2. The van der Waals surface area contributed by atoms with Crippen LogP contribution in [-0.2, 0) is 9.73 Å². The molecule has 0 bridgehead atoms. The van der Waals surface area contributed by atoms with Crippen molar-refractivity contribution in [1.82, 2.24) is 0 Å². The van der Waals surface area contributed by atoms with Gasteiger partial charge in [0, 0.05) is 10.8 Å². The van der Waals surface area contributed by atoms with Crippen LogP contribution >= 0.6 is 23.2 Å². The molecule has 1 N–H and O–H groups in total. The van der Waals surface area contributed by atoms with E-state index in [1.165, 1.54) is 6.07 Å².